The molecule has 0 heterocycles. The number of carbonyl (C=O) groups excluding carboxylic acids is 1. The third-order valence-electron chi connectivity index (χ3n) is 3.28. The summed E-state index contributed by atoms with van der Waals surface area (Å²) in [7, 11) is 1.53. The van der Waals surface area contributed by atoms with Crippen LogP contribution in [0.25, 0.3) is 0 Å². The van der Waals surface area contributed by atoms with Gasteiger partial charge in [0, 0.05) is 7.11 Å². The van der Waals surface area contributed by atoms with Crippen molar-refractivity contribution >= 4 is 5.91 Å². The van der Waals surface area contributed by atoms with E-state index in [1.165, 1.54) is 43.1 Å². The van der Waals surface area contributed by atoms with Crippen LogP contribution in [0.2, 0.25) is 0 Å². The highest BCUT2D eigenvalue weighted by atomic mass is 16.5. The fraction of sp³-hybridized carbons (Fsp3) is 0.500. The lowest BCUT2D eigenvalue weighted by Gasteiger charge is -2.15. The molecule has 0 spiro atoms. The molecule has 0 radical (unpaired) electrons. The number of fused-ring (bicyclic) bond motifs is 1. The van der Waals surface area contributed by atoms with Crippen LogP contribution in [0.3, 0.4) is 0 Å². The smallest absolute Gasteiger partial charge is 0.246 e. The number of hydrogen-bond acceptors (Lipinski definition) is 2. The van der Waals surface area contributed by atoms with E-state index in [0.29, 0.717) is 0 Å². The molecule has 0 fully saturated rings. The topological polar surface area (TPSA) is 38.3 Å². The van der Waals surface area contributed by atoms with Gasteiger partial charge in [-0.1, -0.05) is 18.2 Å². The molecule has 1 aliphatic carbocycles. The predicted molar refractivity (Wildman–Crippen MR) is 66.9 cm³/mol. The summed E-state index contributed by atoms with van der Waals surface area (Å²) in [4.78, 5) is 11.4. The third-order valence-corrected chi connectivity index (χ3v) is 3.28. The van der Waals surface area contributed by atoms with Crippen molar-refractivity contribution in [2.45, 2.75) is 32.2 Å². The minimum atomic E-state index is -0.0690. The van der Waals surface area contributed by atoms with Gasteiger partial charge >= 0.3 is 0 Å². The zero-order chi connectivity index (χ0) is 12.3. The van der Waals surface area contributed by atoms with Gasteiger partial charge in [-0.2, -0.15) is 0 Å². The molecule has 1 aromatic carbocycles. The molecule has 1 aromatic rings. The van der Waals surface area contributed by atoms with E-state index in [1.807, 2.05) is 6.92 Å². The van der Waals surface area contributed by atoms with Crippen molar-refractivity contribution < 1.29 is 9.53 Å². The predicted octanol–water partition coefficient (Wildman–Crippen LogP) is 2.00. The Morgan fingerprint density at radius 3 is 2.94 bits per heavy atom. The Hall–Kier alpha value is -1.35. The maximum Gasteiger partial charge on any atom is 0.246 e. The van der Waals surface area contributed by atoms with Crippen molar-refractivity contribution in [1.29, 1.82) is 0 Å². The highest BCUT2D eigenvalue weighted by Crippen LogP contribution is 2.25. The third kappa shape index (κ3) is 2.86. The van der Waals surface area contributed by atoms with Crippen LogP contribution < -0.4 is 5.32 Å². The first kappa shape index (κ1) is 12.1. The summed E-state index contributed by atoms with van der Waals surface area (Å²) in [5, 5.41) is 2.92. The van der Waals surface area contributed by atoms with Crippen LogP contribution in [-0.4, -0.2) is 19.6 Å². The Balaban J connectivity index is 2.04. The number of methoxy groups -OCH3 is 1. The molecule has 2 rings (SSSR count). The lowest BCUT2D eigenvalue weighted by molar-refractivity contribution is -0.125. The van der Waals surface area contributed by atoms with Crippen LogP contribution >= 0.6 is 0 Å². The lowest BCUT2D eigenvalue weighted by atomic mass is 10.0. The summed E-state index contributed by atoms with van der Waals surface area (Å²) in [5.74, 6) is -0.0690. The summed E-state index contributed by atoms with van der Waals surface area (Å²) >= 11 is 0. The molecule has 0 saturated heterocycles. The number of hydrogen-bond donors (Lipinski definition) is 1. The summed E-state index contributed by atoms with van der Waals surface area (Å²) in [6.45, 7) is 2.12. The quantitative estimate of drug-likeness (QED) is 0.863. The van der Waals surface area contributed by atoms with E-state index >= 15 is 0 Å². The number of benzene rings is 1. The molecular formula is C14H19NO2. The Kier molecular flexibility index (Phi) is 3.79. The van der Waals surface area contributed by atoms with Crippen molar-refractivity contribution in [3.05, 3.63) is 34.9 Å². The second-order valence-corrected chi connectivity index (χ2v) is 4.60. The summed E-state index contributed by atoms with van der Waals surface area (Å²) in [6.07, 6.45) is 3.62. The Labute approximate surface area is 102 Å². The number of rotatable bonds is 4. The van der Waals surface area contributed by atoms with Gasteiger partial charge in [-0.25, -0.2) is 0 Å². The van der Waals surface area contributed by atoms with Crippen molar-refractivity contribution in [2.24, 2.45) is 0 Å². The molecule has 1 amide bonds. The molecule has 1 unspecified atom stereocenters. The molecular weight excluding hydrogens is 214 g/mol. The maximum absolute atomic E-state index is 11.4. The van der Waals surface area contributed by atoms with Crippen LogP contribution in [-0.2, 0) is 22.4 Å². The van der Waals surface area contributed by atoms with Crippen LogP contribution in [0.15, 0.2) is 18.2 Å². The standard InChI is InChI=1S/C14H19NO2/c1-10(15-14(16)9-17-2)12-7-6-11-4-3-5-13(11)8-12/h6-8,10H,3-5,9H2,1-2H3,(H,15,16). The molecule has 3 nitrogen and oxygen atoms in total. The zero-order valence-corrected chi connectivity index (χ0v) is 10.5. The highest BCUT2D eigenvalue weighted by Gasteiger charge is 2.14. The van der Waals surface area contributed by atoms with Crippen LogP contribution in [0.5, 0.6) is 0 Å². The van der Waals surface area contributed by atoms with E-state index in [-0.39, 0.29) is 18.6 Å². The van der Waals surface area contributed by atoms with Gasteiger partial charge in [-0.15, -0.1) is 0 Å². The molecule has 0 bridgehead atoms. The van der Waals surface area contributed by atoms with Gasteiger partial charge in [-0.05, 0) is 42.9 Å². The van der Waals surface area contributed by atoms with Gasteiger partial charge in [0.05, 0.1) is 6.04 Å². The van der Waals surface area contributed by atoms with Gasteiger partial charge in [0.1, 0.15) is 6.61 Å². The van der Waals surface area contributed by atoms with Crippen molar-refractivity contribution in [3.63, 3.8) is 0 Å². The van der Waals surface area contributed by atoms with Crippen LogP contribution in [0, 0.1) is 0 Å². The SMILES string of the molecule is COCC(=O)NC(C)c1ccc2c(c1)CCC2. The Morgan fingerprint density at radius 2 is 2.18 bits per heavy atom. The first-order valence-electron chi connectivity index (χ1n) is 6.10. The maximum atomic E-state index is 11.4. The largest absolute Gasteiger partial charge is 0.375 e. The van der Waals surface area contributed by atoms with E-state index in [1.54, 1.807) is 0 Å². The van der Waals surface area contributed by atoms with Crippen molar-refractivity contribution in [2.75, 3.05) is 13.7 Å². The van der Waals surface area contributed by atoms with Crippen LogP contribution in [0.4, 0.5) is 0 Å². The number of amides is 1. The first-order valence-corrected chi connectivity index (χ1v) is 6.10. The lowest BCUT2D eigenvalue weighted by Crippen LogP contribution is -2.29. The first-order chi connectivity index (χ1) is 8.20. The number of nitrogens with one attached hydrogen (secondary N) is 1. The molecule has 0 aromatic heterocycles. The van der Waals surface area contributed by atoms with Crippen molar-refractivity contribution in [1.82, 2.24) is 5.32 Å². The van der Waals surface area contributed by atoms with Gasteiger partial charge in [0.2, 0.25) is 5.91 Å². The second-order valence-electron chi connectivity index (χ2n) is 4.60. The average Bonchev–Trinajstić information content (AvgIpc) is 2.75. The number of ether oxygens (including phenoxy) is 1. The summed E-state index contributed by atoms with van der Waals surface area (Å²) < 4.78 is 4.80. The molecule has 1 N–H and O–H groups in total. The fourth-order valence-electron chi connectivity index (χ4n) is 2.36. The molecule has 17 heavy (non-hydrogen) atoms. The van der Waals surface area contributed by atoms with Gasteiger partial charge in [-0.3, -0.25) is 4.79 Å². The average molecular weight is 233 g/mol. The van der Waals surface area contributed by atoms with E-state index in [2.05, 4.69) is 23.5 Å². The van der Waals surface area contributed by atoms with E-state index < -0.39 is 0 Å². The van der Waals surface area contributed by atoms with E-state index in [9.17, 15) is 4.79 Å². The molecule has 3 heteroatoms. The zero-order valence-electron chi connectivity index (χ0n) is 10.5. The highest BCUT2D eigenvalue weighted by molar-refractivity contribution is 5.77. The molecule has 1 aliphatic rings. The number of aryl methyl sites for hydroxylation is 2. The molecule has 92 valence electrons. The number of carbonyl (C=O) groups is 1. The van der Waals surface area contributed by atoms with E-state index in [0.717, 1.165) is 0 Å². The van der Waals surface area contributed by atoms with Crippen LogP contribution in [0.1, 0.15) is 36.1 Å². The monoisotopic (exact) mass is 233 g/mol. The summed E-state index contributed by atoms with van der Waals surface area (Å²) in [5.41, 5.74) is 4.08. The normalized spacial score (nSPS) is 15.4. The Morgan fingerprint density at radius 1 is 1.41 bits per heavy atom. The minimum Gasteiger partial charge on any atom is -0.375 e. The fourth-order valence-corrected chi connectivity index (χ4v) is 2.36. The molecule has 0 saturated carbocycles. The minimum absolute atomic E-state index is 0.0450. The van der Waals surface area contributed by atoms with Crippen molar-refractivity contribution in [3.8, 4) is 0 Å². The second kappa shape index (κ2) is 5.32. The molecule has 0 aliphatic heterocycles. The Bertz CT molecular complexity index is 415. The summed E-state index contributed by atoms with van der Waals surface area (Å²) in [6, 6.07) is 6.57. The molecule has 1 atom stereocenters. The van der Waals surface area contributed by atoms with Gasteiger partial charge in [0.25, 0.3) is 0 Å². The van der Waals surface area contributed by atoms with Gasteiger partial charge in [0.15, 0.2) is 0 Å². The van der Waals surface area contributed by atoms with Gasteiger partial charge < -0.3 is 10.1 Å². The van der Waals surface area contributed by atoms with E-state index in [4.69, 9.17) is 4.74 Å².